The van der Waals surface area contributed by atoms with E-state index in [1.807, 2.05) is 65.7 Å². The molecule has 0 unspecified atom stereocenters. The van der Waals surface area contributed by atoms with E-state index >= 15 is 0 Å². The van der Waals surface area contributed by atoms with Gasteiger partial charge >= 0.3 is 5.97 Å². The zero-order valence-electron chi connectivity index (χ0n) is 46.2. The number of benzene rings is 2. The second kappa shape index (κ2) is 30.5. The molecule has 0 bridgehead atoms. The number of hydrogen-bond donors (Lipinski definition) is 1. The van der Waals surface area contributed by atoms with E-state index in [-0.39, 0.29) is 92.6 Å². The van der Waals surface area contributed by atoms with E-state index in [2.05, 4.69) is 9.46 Å². The van der Waals surface area contributed by atoms with Gasteiger partial charge in [-0.1, -0.05) is 71.4 Å². The lowest BCUT2D eigenvalue weighted by Gasteiger charge is -2.40. The van der Waals surface area contributed by atoms with E-state index < -0.39 is 105 Å². The number of amides is 3. The van der Waals surface area contributed by atoms with Crippen LogP contribution >= 0.6 is 0 Å². The Morgan fingerprint density at radius 3 is 1.99 bits per heavy atom. The standard InChI is InChI=1S/C54H80F4N6O11S/c1-13-34(4)49(63(10)53(70)48(33(2)3)59-54(61(6)7)62(8)9)43(73-11)32-44(67)64-27-20-25-41(64)50(74-12)35(5)42(66)30-37(29-36-21-15-14-16-22-36)52(69)60-76(71,72)28-18-17-23-38(65)24-19-26-45(68)75-51-46(57)39(55)31-40(56)47(51)58/h14-16,21-22,31,33-35,37,41,43,48-50H,13,17-20,23-30,32H2,1-12H3,(H,60,69)/t34-,35-,37+,41-,43+,48-,49-,50+/m0/s1. The molecule has 22 heteroatoms. The van der Waals surface area contributed by atoms with Crippen LogP contribution in [0.4, 0.5) is 17.6 Å². The minimum Gasteiger partial charge on any atom is -0.420 e. The summed E-state index contributed by atoms with van der Waals surface area (Å²) in [6, 6.07) is 7.03. The van der Waals surface area contributed by atoms with Crippen molar-refractivity contribution in [3.63, 3.8) is 0 Å². The van der Waals surface area contributed by atoms with Gasteiger partial charge in [-0.15, -0.1) is 0 Å². The molecule has 1 saturated heterocycles. The van der Waals surface area contributed by atoms with Crippen molar-refractivity contribution in [1.29, 1.82) is 0 Å². The summed E-state index contributed by atoms with van der Waals surface area (Å²) >= 11 is 0. The number of guanidine groups is 1. The number of carbonyl (C=O) groups is 6. The lowest BCUT2D eigenvalue weighted by Crippen LogP contribution is -2.55. The largest absolute Gasteiger partial charge is 0.420 e. The van der Waals surface area contributed by atoms with Crippen molar-refractivity contribution in [1.82, 2.24) is 24.3 Å². The predicted molar refractivity (Wildman–Crippen MR) is 279 cm³/mol. The van der Waals surface area contributed by atoms with Crippen LogP contribution in [0.25, 0.3) is 0 Å². The molecule has 8 atom stereocenters. The summed E-state index contributed by atoms with van der Waals surface area (Å²) in [6.45, 7) is 9.97. The minimum atomic E-state index is -4.26. The van der Waals surface area contributed by atoms with E-state index in [0.29, 0.717) is 37.3 Å². The van der Waals surface area contributed by atoms with E-state index in [4.69, 9.17) is 14.5 Å². The molecule has 1 N–H and O–H groups in total. The topological polar surface area (TPSA) is 202 Å². The third kappa shape index (κ3) is 18.6. The molecule has 0 spiro atoms. The molecule has 1 aliphatic heterocycles. The number of likely N-dealkylation sites (N-methyl/N-ethyl adjacent to an activating group) is 1. The van der Waals surface area contributed by atoms with Crippen LogP contribution in [0.15, 0.2) is 41.4 Å². The zero-order chi connectivity index (χ0) is 57.2. The van der Waals surface area contributed by atoms with E-state index in [1.165, 1.54) is 14.2 Å². The number of halogens is 4. The zero-order valence-corrected chi connectivity index (χ0v) is 47.0. The minimum absolute atomic E-state index is 0.0286. The van der Waals surface area contributed by atoms with Crippen LogP contribution in [0.2, 0.25) is 0 Å². The van der Waals surface area contributed by atoms with Crippen LogP contribution < -0.4 is 9.46 Å². The van der Waals surface area contributed by atoms with Crippen molar-refractivity contribution in [3.05, 3.63) is 65.2 Å². The second-order valence-corrected chi connectivity index (χ2v) is 22.3. The summed E-state index contributed by atoms with van der Waals surface area (Å²) in [6.07, 6.45) is -0.881. The summed E-state index contributed by atoms with van der Waals surface area (Å²) in [5.74, 6) is -14.2. The first-order valence-corrected chi connectivity index (χ1v) is 27.5. The highest BCUT2D eigenvalue weighted by molar-refractivity contribution is 7.90. The van der Waals surface area contributed by atoms with E-state index in [9.17, 15) is 54.7 Å². The summed E-state index contributed by atoms with van der Waals surface area (Å²) in [7, 11) is 7.90. The number of ether oxygens (including phenoxy) is 3. The van der Waals surface area contributed by atoms with Crippen LogP contribution in [-0.4, -0.2) is 161 Å². The highest BCUT2D eigenvalue weighted by Gasteiger charge is 2.43. The summed E-state index contributed by atoms with van der Waals surface area (Å²) in [5.41, 5.74) is 0.681. The van der Waals surface area contributed by atoms with Crippen LogP contribution in [0.5, 0.6) is 5.75 Å². The molecule has 2 aromatic rings. The molecule has 0 aliphatic carbocycles. The number of aliphatic imine (C=N–C) groups is 1. The predicted octanol–water partition coefficient (Wildman–Crippen LogP) is 6.75. The number of rotatable bonds is 30. The Hall–Kier alpha value is -5.48. The Bertz CT molecular complexity index is 2390. The van der Waals surface area contributed by atoms with Crippen molar-refractivity contribution in [2.45, 2.75) is 142 Å². The van der Waals surface area contributed by atoms with Gasteiger partial charge in [-0.2, -0.15) is 8.78 Å². The van der Waals surface area contributed by atoms with Gasteiger partial charge in [0.25, 0.3) is 0 Å². The quantitative estimate of drug-likeness (QED) is 0.0164. The third-order valence-corrected chi connectivity index (χ3v) is 15.3. The lowest BCUT2D eigenvalue weighted by atomic mass is 9.85. The number of hydrogen-bond acceptors (Lipinski definition) is 12. The first-order valence-electron chi connectivity index (χ1n) is 25.9. The molecule has 76 heavy (non-hydrogen) atoms. The summed E-state index contributed by atoms with van der Waals surface area (Å²) in [5, 5.41) is 0. The molecule has 0 radical (unpaired) electrons. The molecule has 17 nitrogen and oxygen atoms in total. The van der Waals surface area contributed by atoms with Gasteiger partial charge < -0.3 is 33.8 Å². The van der Waals surface area contributed by atoms with Crippen LogP contribution in [0, 0.1) is 46.9 Å². The van der Waals surface area contributed by atoms with Gasteiger partial charge in [0.1, 0.15) is 17.6 Å². The smallest absolute Gasteiger partial charge is 0.311 e. The Kier molecular flexibility index (Phi) is 26.0. The molecular formula is C54H80F4N6O11S. The fourth-order valence-electron chi connectivity index (χ4n) is 9.64. The molecule has 426 valence electrons. The maximum Gasteiger partial charge on any atom is 0.311 e. The number of Topliss-reactive ketones (excluding diaryl/α,β-unsaturated/α-hetero) is 2. The summed E-state index contributed by atoms with van der Waals surface area (Å²) in [4.78, 5) is 93.4. The van der Waals surface area contributed by atoms with Gasteiger partial charge in [0.2, 0.25) is 45.1 Å². The molecule has 1 fully saturated rings. The number of nitrogens with one attached hydrogen (secondary N) is 1. The molecule has 1 aliphatic rings. The highest BCUT2D eigenvalue weighted by atomic mass is 32.2. The molecule has 0 saturated carbocycles. The number of esters is 1. The van der Waals surface area contributed by atoms with Crippen molar-refractivity contribution < 1.29 is 69.0 Å². The maximum absolute atomic E-state index is 14.5. The number of methoxy groups -OCH3 is 2. The molecule has 2 aromatic carbocycles. The van der Waals surface area contributed by atoms with Gasteiger partial charge in [0.15, 0.2) is 17.6 Å². The van der Waals surface area contributed by atoms with E-state index in [0.717, 1.165) is 0 Å². The molecule has 1 heterocycles. The number of carbonyl (C=O) groups excluding carboxylic acids is 6. The van der Waals surface area contributed by atoms with Gasteiger partial charge in [0.05, 0.1) is 36.5 Å². The fourth-order valence-corrected chi connectivity index (χ4v) is 10.8. The molecular weight excluding hydrogens is 1020 g/mol. The van der Waals surface area contributed by atoms with Crippen LogP contribution in [0.1, 0.15) is 111 Å². The van der Waals surface area contributed by atoms with Crippen molar-refractivity contribution in [2.24, 2.45) is 28.7 Å². The van der Waals surface area contributed by atoms with Crippen LogP contribution in [-0.2, 0) is 54.7 Å². The normalized spacial score (nSPS) is 16.4. The number of likely N-dealkylation sites (tertiary alicyclic amines) is 1. The van der Waals surface area contributed by atoms with Gasteiger partial charge in [0, 0.05) is 99.6 Å². The Balaban J connectivity index is 1.68. The van der Waals surface area contributed by atoms with E-state index in [1.54, 1.807) is 54.1 Å². The number of nitrogens with zero attached hydrogens (tertiary/aromatic N) is 5. The summed E-state index contributed by atoms with van der Waals surface area (Å²) < 4.78 is 99.7. The molecule has 0 aromatic heterocycles. The number of ketones is 2. The van der Waals surface area contributed by atoms with Crippen molar-refractivity contribution >= 4 is 51.2 Å². The monoisotopic (exact) mass is 1100 g/mol. The maximum atomic E-state index is 14.5. The third-order valence-electron chi connectivity index (χ3n) is 13.9. The van der Waals surface area contributed by atoms with Crippen molar-refractivity contribution in [2.75, 3.05) is 61.8 Å². The van der Waals surface area contributed by atoms with Crippen LogP contribution in [0.3, 0.4) is 0 Å². The number of sulfonamides is 1. The fraction of sp³-hybridized carbons (Fsp3) is 0.648. The average molecular weight is 1100 g/mol. The highest BCUT2D eigenvalue weighted by Crippen LogP contribution is 2.32. The first kappa shape index (κ1) is 64.8. The first-order chi connectivity index (χ1) is 35.7. The van der Waals surface area contributed by atoms with Gasteiger partial charge in [-0.25, -0.2) is 22.2 Å². The molecule has 3 rings (SSSR count). The Morgan fingerprint density at radius 1 is 0.829 bits per heavy atom. The second-order valence-electron chi connectivity index (χ2n) is 20.5. The average Bonchev–Trinajstić information content (AvgIpc) is 3.85. The number of unbranched alkanes of at least 4 members (excludes halogenated alkanes) is 1. The molecule has 3 amide bonds. The van der Waals surface area contributed by atoms with Crippen molar-refractivity contribution in [3.8, 4) is 5.75 Å². The Morgan fingerprint density at radius 2 is 1.43 bits per heavy atom. The van der Waals surface area contributed by atoms with Gasteiger partial charge in [-0.3, -0.25) is 33.5 Å². The van der Waals surface area contributed by atoms with Gasteiger partial charge in [-0.05, 0) is 55.9 Å². The SMILES string of the molecule is CC[C@H](C)[C@@H]([C@@H](CC(=O)N1CCC[C@H]1[C@H](OC)[C@@H](C)C(=O)C[C@@H](Cc1ccccc1)C(=O)NS(=O)(=O)CCCCC(=O)CCCC(=O)Oc1c(F)c(F)cc(F)c1F)OC)N(C)C(=O)[C@@H](N=C(N(C)C)N(C)C)C(C)C. The Labute approximate surface area is 446 Å². The lowest BCUT2D eigenvalue weighted by molar-refractivity contribution is -0.146.